The first-order valence-electron chi connectivity index (χ1n) is 9.82. The Morgan fingerprint density at radius 2 is 1.58 bits per heavy atom. The van der Waals surface area contributed by atoms with Gasteiger partial charge < -0.3 is 15.4 Å². The highest BCUT2D eigenvalue weighted by Gasteiger charge is 2.11. The van der Waals surface area contributed by atoms with Crippen molar-refractivity contribution in [3.63, 3.8) is 0 Å². The zero-order valence-electron chi connectivity index (χ0n) is 17.1. The lowest BCUT2D eigenvalue weighted by atomic mass is 10.1. The fourth-order valence-corrected chi connectivity index (χ4v) is 3.06. The summed E-state index contributed by atoms with van der Waals surface area (Å²) in [5.74, 6) is 0.0641. The number of rotatable bonds is 7. The first-order chi connectivity index (χ1) is 15.0. The van der Waals surface area contributed by atoms with Crippen molar-refractivity contribution < 1.29 is 14.3 Å². The van der Waals surface area contributed by atoms with Crippen LogP contribution in [0.25, 0.3) is 0 Å². The highest BCUT2D eigenvalue weighted by Crippen LogP contribution is 2.14. The molecule has 3 rings (SSSR count). The van der Waals surface area contributed by atoms with E-state index in [-0.39, 0.29) is 16.9 Å². The fraction of sp³-hybridized carbons (Fsp3) is 0.125. The minimum atomic E-state index is -0.351. The molecule has 0 heterocycles. The van der Waals surface area contributed by atoms with Gasteiger partial charge in [-0.2, -0.15) is 0 Å². The highest BCUT2D eigenvalue weighted by atomic mass is 32.1. The quantitative estimate of drug-likeness (QED) is 0.488. The van der Waals surface area contributed by atoms with Gasteiger partial charge in [-0.3, -0.25) is 14.9 Å². The van der Waals surface area contributed by atoms with Crippen molar-refractivity contribution in [1.82, 2.24) is 10.6 Å². The summed E-state index contributed by atoms with van der Waals surface area (Å²) >= 11 is 5.25. The molecule has 0 aliphatic carbocycles. The third-order valence-electron chi connectivity index (χ3n) is 4.31. The SMILES string of the molecule is CCOc1cccc(C(=O)NC(=S)Nc2cccc(C(=O)NCc3ccccc3)c2)c1. The van der Waals surface area contributed by atoms with Crippen LogP contribution in [0.3, 0.4) is 0 Å². The Bertz CT molecular complexity index is 1070. The minimum absolute atomic E-state index is 0.133. The number of carbonyl (C=O) groups excluding carboxylic acids is 2. The third-order valence-corrected chi connectivity index (χ3v) is 4.52. The summed E-state index contributed by atoms with van der Waals surface area (Å²) in [7, 11) is 0. The van der Waals surface area contributed by atoms with Gasteiger partial charge in [0.1, 0.15) is 5.75 Å². The molecule has 7 heteroatoms. The van der Waals surface area contributed by atoms with E-state index in [2.05, 4.69) is 16.0 Å². The second kappa shape index (κ2) is 10.9. The second-order valence-electron chi connectivity index (χ2n) is 6.62. The maximum Gasteiger partial charge on any atom is 0.257 e. The van der Waals surface area contributed by atoms with Crippen LogP contribution in [0.1, 0.15) is 33.2 Å². The standard InChI is InChI=1S/C24H23N3O3S/c1-2-30-21-13-7-11-19(15-21)23(29)27-24(31)26-20-12-6-10-18(14-20)22(28)25-16-17-8-4-3-5-9-17/h3-15H,2,16H2,1H3,(H,25,28)(H2,26,27,29,31). The van der Waals surface area contributed by atoms with Crippen LogP contribution in [0, 0.1) is 0 Å². The maximum absolute atomic E-state index is 12.5. The molecular formula is C24H23N3O3S. The minimum Gasteiger partial charge on any atom is -0.494 e. The number of anilines is 1. The van der Waals surface area contributed by atoms with Gasteiger partial charge in [-0.1, -0.05) is 42.5 Å². The van der Waals surface area contributed by atoms with Gasteiger partial charge in [-0.15, -0.1) is 0 Å². The first kappa shape index (κ1) is 22.0. The molecule has 0 bridgehead atoms. The summed E-state index contributed by atoms with van der Waals surface area (Å²) in [6.07, 6.45) is 0. The molecule has 0 spiro atoms. The van der Waals surface area contributed by atoms with E-state index < -0.39 is 0 Å². The van der Waals surface area contributed by atoms with E-state index in [0.717, 1.165) is 5.56 Å². The highest BCUT2D eigenvalue weighted by molar-refractivity contribution is 7.80. The number of hydrogen-bond acceptors (Lipinski definition) is 4. The van der Waals surface area contributed by atoms with Crippen LogP contribution in [-0.2, 0) is 6.54 Å². The van der Waals surface area contributed by atoms with Gasteiger partial charge in [-0.05, 0) is 61.1 Å². The van der Waals surface area contributed by atoms with E-state index >= 15 is 0 Å². The molecule has 0 aliphatic rings. The number of thiocarbonyl (C=S) groups is 1. The van der Waals surface area contributed by atoms with E-state index in [0.29, 0.717) is 35.7 Å². The second-order valence-corrected chi connectivity index (χ2v) is 7.03. The number of hydrogen-bond donors (Lipinski definition) is 3. The molecule has 3 N–H and O–H groups in total. The molecule has 0 saturated carbocycles. The van der Waals surface area contributed by atoms with E-state index in [1.165, 1.54) is 0 Å². The van der Waals surface area contributed by atoms with Crippen molar-refractivity contribution in [2.45, 2.75) is 13.5 Å². The van der Waals surface area contributed by atoms with Crippen molar-refractivity contribution >= 4 is 34.8 Å². The summed E-state index contributed by atoms with van der Waals surface area (Å²) in [4.78, 5) is 24.9. The smallest absolute Gasteiger partial charge is 0.257 e. The molecule has 2 amide bonds. The Balaban J connectivity index is 1.57. The largest absolute Gasteiger partial charge is 0.494 e. The van der Waals surface area contributed by atoms with Crippen LogP contribution in [0.2, 0.25) is 0 Å². The van der Waals surface area contributed by atoms with Crippen molar-refractivity contribution in [3.05, 3.63) is 95.6 Å². The summed E-state index contributed by atoms with van der Waals surface area (Å²) in [5, 5.41) is 8.59. The van der Waals surface area contributed by atoms with Crippen molar-refractivity contribution in [1.29, 1.82) is 0 Å². The lowest BCUT2D eigenvalue weighted by Gasteiger charge is -2.12. The van der Waals surface area contributed by atoms with Gasteiger partial charge in [0.2, 0.25) is 0 Å². The summed E-state index contributed by atoms with van der Waals surface area (Å²) < 4.78 is 5.41. The molecule has 0 saturated heterocycles. The monoisotopic (exact) mass is 433 g/mol. The predicted octanol–water partition coefficient (Wildman–Crippen LogP) is 4.14. The van der Waals surface area contributed by atoms with Crippen LogP contribution in [0.15, 0.2) is 78.9 Å². The molecule has 0 aromatic heterocycles. The Morgan fingerprint density at radius 1 is 0.871 bits per heavy atom. The first-order valence-corrected chi connectivity index (χ1v) is 10.2. The molecular weight excluding hydrogens is 410 g/mol. The van der Waals surface area contributed by atoms with Crippen molar-refractivity contribution in [2.24, 2.45) is 0 Å². The topological polar surface area (TPSA) is 79.5 Å². The van der Waals surface area contributed by atoms with E-state index in [1.54, 1.807) is 48.5 Å². The van der Waals surface area contributed by atoms with Crippen molar-refractivity contribution in [2.75, 3.05) is 11.9 Å². The van der Waals surface area contributed by atoms with E-state index in [1.807, 2.05) is 37.3 Å². The molecule has 3 aromatic carbocycles. The zero-order chi connectivity index (χ0) is 22.1. The number of benzene rings is 3. The van der Waals surface area contributed by atoms with Gasteiger partial charge >= 0.3 is 0 Å². The molecule has 31 heavy (non-hydrogen) atoms. The lowest BCUT2D eigenvalue weighted by Crippen LogP contribution is -2.34. The zero-order valence-corrected chi connectivity index (χ0v) is 17.9. The average Bonchev–Trinajstić information content (AvgIpc) is 2.78. The molecule has 0 aliphatic heterocycles. The van der Waals surface area contributed by atoms with Crippen LogP contribution >= 0.6 is 12.2 Å². The normalized spacial score (nSPS) is 10.1. The third kappa shape index (κ3) is 6.65. The fourth-order valence-electron chi connectivity index (χ4n) is 2.85. The van der Waals surface area contributed by atoms with Crippen LogP contribution in [0.4, 0.5) is 5.69 Å². The molecule has 0 fully saturated rings. The molecule has 0 radical (unpaired) electrons. The summed E-state index contributed by atoms with van der Waals surface area (Å²) in [6, 6.07) is 23.4. The van der Waals surface area contributed by atoms with E-state index in [9.17, 15) is 9.59 Å². The van der Waals surface area contributed by atoms with Gasteiger partial charge in [0, 0.05) is 23.4 Å². The summed E-state index contributed by atoms with van der Waals surface area (Å²) in [5.41, 5.74) is 2.53. The molecule has 0 unspecified atom stereocenters. The number of ether oxygens (including phenoxy) is 1. The number of amides is 2. The number of nitrogens with one attached hydrogen (secondary N) is 3. The van der Waals surface area contributed by atoms with Crippen LogP contribution in [-0.4, -0.2) is 23.5 Å². The Hall–Kier alpha value is -3.71. The van der Waals surface area contributed by atoms with Gasteiger partial charge in [0.25, 0.3) is 11.8 Å². The molecule has 6 nitrogen and oxygen atoms in total. The van der Waals surface area contributed by atoms with Crippen LogP contribution in [0.5, 0.6) is 5.75 Å². The van der Waals surface area contributed by atoms with Crippen LogP contribution < -0.4 is 20.7 Å². The predicted molar refractivity (Wildman–Crippen MR) is 125 cm³/mol. The van der Waals surface area contributed by atoms with Gasteiger partial charge in [-0.25, -0.2) is 0 Å². The lowest BCUT2D eigenvalue weighted by molar-refractivity contribution is 0.0948. The average molecular weight is 434 g/mol. The maximum atomic E-state index is 12.5. The Morgan fingerprint density at radius 3 is 2.32 bits per heavy atom. The van der Waals surface area contributed by atoms with Crippen molar-refractivity contribution in [3.8, 4) is 5.75 Å². The molecule has 158 valence electrons. The van der Waals surface area contributed by atoms with E-state index in [4.69, 9.17) is 17.0 Å². The molecule has 0 atom stereocenters. The Labute approximate surface area is 186 Å². The Kier molecular flexibility index (Phi) is 7.73. The number of carbonyl (C=O) groups is 2. The van der Waals surface area contributed by atoms with Gasteiger partial charge in [0.15, 0.2) is 5.11 Å². The summed E-state index contributed by atoms with van der Waals surface area (Å²) in [6.45, 7) is 2.83. The molecule has 3 aromatic rings. The van der Waals surface area contributed by atoms with Gasteiger partial charge in [0.05, 0.1) is 6.61 Å².